The minimum absolute atomic E-state index is 0.0698. The Morgan fingerprint density at radius 3 is 2.78 bits per heavy atom. The second kappa shape index (κ2) is 13.8. The van der Waals surface area contributed by atoms with Crippen LogP contribution in [0.2, 0.25) is 0 Å². The van der Waals surface area contributed by atoms with E-state index in [-0.39, 0.29) is 40.2 Å². The van der Waals surface area contributed by atoms with Crippen LogP contribution < -0.4 is 10.6 Å². The van der Waals surface area contributed by atoms with E-state index in [1.54, 1.807) is 5.38 Å². The van der Waals surface area contributed by atoms with Crippen LogP contribution in [0.25, 0.3) is 0 Å². The maximum absolute atomic E-state index is 13.2. The first-order valence-electron chi connectivity index (χ1n) is 12.5. The summed E-state index contributed by atoms with van der Waals surface area (Å²) in [7, 11) is 0. The maximum atomic E-state index is 13.2. The van der Waals surface area contributed by atoms with Gasteiger partial charge in [-0.2, -0.15) is 0 Å². The van der Waals surface area contributed by atoms with Crippen LogP contribution >= 0.6 is 23.1 Å². The number of aromatic nitrogens is 1. The minimum Gasteiger partial charge on any atom is -0.457 e. The SMILES string of the molecule is CCCCCON=C(C(=O)NC1C(=O)N2C=C(C(=O)OCc3ccc([N+](=O)[O-])cc3)CS[C@H]12)c1csc(NC=O)n1. The number of hydrogen-bond acceptors (Lipinski definition) is 12. The van der Waals surface area contributed by atoms with Crippen LogP contribution in [0, 0.1) is 10.1 Å². The van der Waals surface area contributed by atoms with Gasteiger partial charge in [-0.25, -0.2) is 9.78 Å². The predicted molar refractivity (Wildman–Crippen MR) is 150 cm³/mol. The molecule has 0 spiro atoms. The number of fused-ring (bicyclic) bond motifs is 1. The van der Waals surface area contributed by atoms with Crippen molar-refractivity contribution in [1.82, 2.24) is 15.2 Å². The Morgan fingerprint density at radius 2 is 2.07 bits per heavy atom. The van der Waals surface area contributed by atoms with Crippen LogP contribution in [0.3, 0.4) is 0 Å². The number of carbonyl (C=O) groups is 4. The molecule has 2 N–H and O–H groups in total. The number of esters is 1. The number of hydrogen-bond donors (Lipinski definition) is 2. The van der Waals surface area contributed by atoms with Crippen molar-refractivity contribution in [2.24, 2.45) is 5.16 Å². The molecule has 1 saturated heterocycles. The summed E-state index contributed by atoms with van der Waals surface area (Å²) in [5.74, 6) is -1.46. The topological polar surface area (TPSA) is 182 Å². The van der Waals surface area contributed by atoms with Gasteiger partial charge >= 0.3 is 5.97 Å². The summed E-state index contributed by atoms with van der Waals surface area (Å²) in [5, 5.41) is 21.2. The molecule has 0 aliphatic carbocycles. The molecule has 0 saturated carbocycles. The highest BCUT2D eigenvalue weighted by molar-refractivity contribution is 8.00. The van der Waals surface area contributed by atoms with Gasteiger partial charge in [-0.1, -0.05) is 24.9 Å². The molecule has 3 amide bonds. The first kappa shape index (κ1) is 29.7. The van der Waals surface area contributed by atoms with E-state index in [0.717, 1.165) is 30.6 Å². The Kier molecular flexibility index (Phi) is 10.0. The van der Waals surface area contributed by atoms with Crippen molar-refractivity contribution < 1.29 is 33.7 Å². The molecule has 16 heteroatoms. The van der Waals surface area contributed by atoms with Gasteiger partial charge in [0.15, 0.2) is 10.8 Å². The molecule has 41 heavy (non-hydrogen) atoms. The van der Waals surface area contributed by atoms with Crippen molar-refractivity contribution in [2.45, 2.75) is 44.2 Å². The molecule has 2 atom stereocenters. The van der Waals surface area contributed by atoms with Crippen molar-refractivity contribution in [1.29, 1.82) is 0 Å². The van der Waals surface area contributed by atoms with Crippen molar-refractivity contribution >= 4 is 63.8 Å². The van der Waals surface area contributed by atoms with Gasteiger partial charge in [-0.05, 0) is 24.1 Å². The number of unbranched alkanes of at least 4 members (excludes halogenated alkanes) is 2. The number of benzene rings is 1. The summed E-state index contributed by atoms with van der Waals surface area (Å²) in [5.41, 5.74) is 0.834. The van der Waals surface area contributed by atoms with Gasteiger partial charge in [0.05, 0.1) is 10.5 Å². The average molecular weight is 603 g/mol. The number of ether oxygens (including phenoxy) is 1. The smallest absolute Gasteiger partial charge is 0.336 e. The van der Waals surface area contributed by atoms with Gasteiger partial charge < -0.3 is 25.1 Å². The molecule has 1 unspecified atom stereocenters. The summed E-state index contributed by atoms with van der Waals surface area (Å²) < 4.78 is 5.30. The van der Waals surface area contributed by atoms with Gasteiger partial charge in [0.2, 0.25) is 6.41 Å². The third kappa shape index (κ3) is 7.26. The second-order valence-corrected chi connectivity index (χ2v) is 10.8. The number of β-lactam (4-membered cyclic amide) rings is 1. The number of nitrogens with one attached hydrogen (secondary N) is 2. The fourth-order valence-corrected chi connectivity index (χ4v) is 5.72. The number of nitro benzene ring substituents is 1. The number of amides is 3. The molecule has 4 rings (SSSR count). The standard InChI is InChI=1S/C25H26N6O8S2/c1-2-3-4-9-39-29-19(18-13-41-25(27-18)26-14-32)21(33)28-20-22(34)30-10-16(12-40-23(20)30)24(35)38-11-15-5-7-17(8-6-15)31(36)37/h5-8,10,13-14,20,23H,2-4,9,11-12H2,1H3,(H,28,33)(H,26,27,32)/t20?,23-/m1/s1. The molecule has 3 heterocycles. The Morgan fingerprint density at radius 1 is 1.29 bits per heavy atom. The van der Waals surface area contributed by atoms with E-state index in [1.165, 1.54) is 47.1 Å². The van der Waals surface area contributed by atoms with E-state index in [4.69, 9.17) is 9.57 Å². The minimum atomic E-state index is -0.863. The zero-order chi connectivity index (χ0) is 29.4. The molecule has 2 aliphatic heterocycles. The first-order valence-corrected chi connectivity index (χ1v) is 14.5. The molecule has 2 aromatic rings. The molecule has 14 nitrogen and oxygen atoms in total. The molecule has 1 aromatic heterocycles. The van der Waals surface area contributed by atoms with E-state index >= 15 is 0 Å². The zero-order valence-corrected chi connectivity index (χ0v) is 23.4. The molecule has 0 bridgehead atoms. The monoisotopic (exact) mass is 602 g/mol. The van der Waals surface area contributed by atoms with Crippen LogP contribution in [0.4, 0.5) is 10.8 Å². The van der Waals surface area contributed by atoms with Crippen LogP contribution in [-0.2, 0) is 35.4 Å². The highest BCUT2D eigenvalue weighted by atomic mass is 32.2. The van der Waals surface area contributed by atoms with E-state index < -0.39 is 34.1 Å². The van der Waals surface area contributed by atoms with Crippen molar-refractivity contribution in [2.75, 3.05) is 17.7 Å². The fraction of sp³-hybridized carbons (Fsp3) is 0.360. The summed E-state index contributed by atoms with van der Waals surface area (Å²) in [6, 6.07) is 4.77. The fourth-order valence-electron chi connectivity index (χ4n) is 3.82. The van der Waals surface area contributed by atoms with Gasteiger partial charge in [0.1, 0.15) is 30.3 Å². The van der Waals surface area contributed by atoms with Gasteiger partial charge in [0.25, 0.3) is 17.5 Å². The largest absolute Gasteiger partial charge is 0.457 e. The number of thiazole rings is 1. The Labute approximate surface area is 242 Å². The van der Waals surface area contributed by atoms with E-state index in [9.17, 15) is 29.3 Å². The van der Waals surface area contributed by atoms with E-state index in [0.29, 0.717) is 18.6 Å². The summed E-state index contributed by atoms with van der Waals surface area (Å²) in [4.78, 5) is 70.4. The molecular weight excluding hydrogens is 576 g/mol. The highest BCUT2D eigenvalue weighted by Crippen LogP contribution is 2.36. The number of nitro groups is 1. The summed E-state index contributed by atoms with van der Waals surface area (Å²) >= 11 is 2.39. The third-order valence-electron chi connectivity index (χ3n) is 5.99. The zero-order valence-electron chi connectivity index (χ0n) is 21.8. The van der Waals surface area contributed by atoms with E-state index in [2.05, 4.69) is 20.8 Å². The summed E-state index contributed by atoms with van der Waals surface area (Å²) in [6.45, 7) is 2.26. The quantitative estimate of drug-likeness (QED) is 0.0620. The van der Waals surface area contributed by atoms with Crippen molar-refractivity contribution in [3.05, 3.63) is 62.8 Å². The van der Waals surface area contributed by atoms with Gasteiger partial charge in [0, 0.05) is 29.5 Å². The molecule has 1 fully saturated rings. The highest BCUT2D eigenvalue weighted by Gasteiger charge is 2.50. The number of non-ortho nitro benzene ring substituents is 1. The Bertz CT molecular complexity index is 1380. The first-order chi connectivity index (χ1) is 19.8. The number of rotatable bonds is 14. The predicted octanol–water partition coefficient (Wildman–Crippen LogP) is 2.56. The molecular formula is C25H26N6O8S2. The molecule has 1 aromatic carbocycles. The number of carbonyl (C=O) groups excluding carboxylic acids is 4. The average Bonchev–Trinajstić information content (AvgIpc) is 3.44. The van der Waals surface area contributed by atoms with Crippen LogP contribution in [-0.4, -0.2) is 68.5 Å². The van der Waals surface area contributed by atoms with E-state index in [1.807, 2.05) is 6.92 Å². The van der Waals surface area contributed by atoms with Crippen LogP contribution in [0.5, 0.6) is 0 Å². The molecule has 2 aliphatic rings. The van der Waals surface area contributed by atoms with Gasteiger partial charge in [-0.3, -0.25) is 24.5 Å². The number of nitrogens with zero attached hydrogens (tertiary/aromatic N) is 4. The number of thioether (sulfide) groups is 1. The van der Waals surface area contributed by atoms with Gasteiger partial charge in [-0.15, -0.1) is 23.1 Å². The number of oxime groups is 1. The lowest BCUT2D eigenvalue weighted by molar-refractivity contribution is -0.384. The van der Waals surface area contributed by atoms with Crippen molar-refractivity contribution in [3.63, 3.8) is 0 Å². The Hall–Kier alpha value is -4.31. The third-order valence-corrected chi connectivity index (χ3v) is 8.08. The lowest BCUT2D eigenvalue weighted by Crippen LogP contribution is -2.69. The lowest BCUT2D eigenvalue weighted by atomic mass is 10.1. The Balaban J connectivity index is 1.36. The lowest BCUT2D eigenvalue weighted by Gasteiger charge is -2.47. The summed E-state index contributed by atoms with van der Waals surface area (Å²) in [6.07, 6.45) is 4.56. The van der Waals surface area contributed by atoms with Crippen molar-refractivity contribution in [3.8, 4) is 0 Å². The van der Waals surface area contributed by atoms with Crippen LogP contribution in [0.1, 0.15) is 37.4 Å². The second-order valence-electron chi connectivity index (χ2n) is 8.83. The molecule has 0 radical (unpaired) electrons. The molecule has 216 valence electrons. The van der Waals surface area contributed by atoms with Crippen LogP contribution in [0.15, 0.2) is 46.6 Å². The number of anilines is 1. The normalized spacial score (nSPS) is 18.0. The maximum Gasteiger partial charge on any atom is 0.336 e.